The molecule has 0 unspecified atom stereocenters. The highest BCUT2D eigenvalue weighted by Gasteiger charge is 2.51. The van der Waals surface area contributed by atoms with Crippen molar-refractivity contribution in [2.45, 2.75) is 30.2 Å². The Morgan fingerprint density at radius 1 is 0.955 bits per heavy atom. The van der Waals surface area contributed by atoms with Gasteiger partial charge in [-0.15, -0.1) is 11.8 Å². The van der Waals surface area contributed by atoms with Gasteiger partial charge in [-0.05, 0) is 25.0 Å². The highest BCUT2D eigenvalue weighted by Crippen LogP contribution is 2.53. The van der Waals surface area contributed by atoms with Crippen molar-refractivity contribution in [3.63, 3.8) is 0 Å². The second kappa shape index (κ2) is 6.07. The summed E-state index contributed by atoms with van der Waals surface area (Å²) in [6.45, 7) is 4.96. The maximum atomic E-state index is 6.28. The standard InChI is InChI=1S/C19H23NOS/c1-18(2)19(15-9-5-3-6-10-15,16-11-7-4-8-12-16)22-14-17(20)13-21-18/h3-12,17H,13-14,20H2,1-2H3/t17-/m1/s1. The minimum Gasteiger partial charge on any atom is -0.372 e. The largest absolute Gasteiger partial charge is 0.372 e. The van der Waals surface area contributed by atoms with Crippen LogP contribution < -0.4 is 5.73 Å². The minimum atomic E-state index is -0.353. The molecule has 22 heavy (non-hydrogen) atoms. The Morgan fingerprint density at radius 3 is 1.95 bits per heavy atom. The monoisotopic (exact) mass is 313 g/mol. The second-order valence-electron chi connectivity index (χ2n) is 6.31. The summed E-state index contributed by atoms with van der Waals surface area (Å²) in [6.07, 6.45) is 0. The van der Waals surface area contributed by atoms with Crippen molar-refractivity contribution in [2.75, 3.05) is 12.4 Å². The van der Waals surface area contributed by atoms with E-state index < -0.39 is 0 Å². The van der Waals surface area contributed by atoms with Gasteiger partial charge in [0, 0.05) is 11.8 Å². The third kappa shape index (κ3) is 2.58. The van der Waals surface area contributed by atoms with Crippen LogP contribution in [0.5, 0.6) is 0 Å². The maximum Gasteiger partial charge on any atom is 0.0941 e. The fraction of sp³-hybridized carbons (Fsp3) is 0.368. The normalized spacial score (nSPS) is 23.7. The van der Waals surface area contributed by atoms with E-state index in [1.165, 1.54) is 11.1 Å². The molecule has 3 heteroatoms. The van der Waals surface area contributed by atoms with Gasteiger partial charge >= 0.3 is 0 Å². The topological polar surface area (TPSA) is 35.2 Å². The molecule has 3 rings (SSSR count). The number of rotatable bonds is 2. The van der Waals surface area contributed by atoms with E-state index in [9.17, 15) is 0 Å². The van der Waals surface area contributed by atoms with Gasteiger partial charge in [0.15, 0.2) is 0 Å². The van der Waals surface area contributed by atoms with Crippen LogP contribution in [0.15, 0.2) is 60.7 Å². The minimum absolute atomic E-state index is 0.0681. The SMILES string of the molecule is CC1(C)OC[C@@H](N)CSC1(c1ccccc1)c1ccccc1. The zero-order valence-electron chi connectivity index (χ0n) is 13.2. The first kappa shape index (κ1) is 15.6. The first-order valence-electron chi connectivity index (χ1n) is 7.71. The van der Waals surface area contributed by atoms with Crippen LogP contribution in [0.25, 0.3) is 0 Å². The quantitative estimate of drug-likeness (QED) is 0.916. The first-order valence-corrected chi connectivity index (χ1v) is 8.69. The van der Waals surface area contributed by atoms with Crippen molar-refractivity contribution in [3.8, 4) is 0 Å². The molecule has 116 valence electrons. The number of nitrogens with two attached hydrogens (primary N) is 1. The number of ether oxygens (including phenoxy) is 1. The summed E-state index contributed by atoms with van der Waals surface area (Å²) < 4.78 is 6.02. The van der Waals surface area contributed by atoms with Crippen LogP contribution in [-0.4, -0.2) is 24.0 Å². The Bertz CT molecular complexity index is 572. The molecule has 2 aromatic rings. The lowest BCUT2D eigenvalue weighted by molar-refractivity contribution is -0.0384. The molecule has 1 aliphatic rings. The van der Waals surface area contributed by atoms with Gasteiger partial charge in [-0.25, -0.2) is 0 Å². The van der Waals surface area contributed by atoms with Crippen molar-refractivity contribution < 1.29 is 4.74 Å². The van der Waals surface area contributed by atoms with E-state index in [-0.39, 0.29) is 16.4 Å². The van der Waals surface area contributed by atoms with E-state index in [2.05, 4.69) is 74.5 Å². The van der Waals surface area contributed by atoms with Gasteiger partial charge in [0.25, 0.3) is 0 Å². The predicted molar refractivity (Wildman–Crippen MR) is 94.1 cm³/mol. The summed E-state index contributed by atoms with van der Waals surface area (Å²) in [5.41, 5.74) is 8.37. The highest BCUT2D eigenvalue weighted by atomic mass is 32.2. The van der Waals surface area contributed by atoms with Gasteiger partial charge < -0.3 is 10.5 Å². The van der Waals surface area contributed by atoms with Crippen molar-refractivity contribution >= 4 is 11.8 Å². The molecule has 2 nitrogen and oxygen atoms in total. The fourth-order valence-corrected chi connectivity index (χ4v) is 4.82. The van der Waals surface area contributed by atoms with Gasteiger partial charge in [0.05, 0.1) is 17.0 Å². The van der Waals surface area contributed by atoms with E-state index in [4.69, 9.17) is 10.5 Å². The van der Waals surface area contributed by atoms with Crippen molar-refractivity contribution in [1.29, 1.82) is 0 Å². The van der Waals surface area contributed by atoms with Gasteiger partial charge in [-0.2, -0.15) is 0 Å². The average molecular weight is 313 g/mol. The molecule has 2 aromatic carbocycles. The number of thioether (sulfide) groups is 1. The third-order valence-electron chi connectivity index (χ3n) is 4.38. The Kier molecular flexibility index (Phi) is 4.31. The molecule has 0 amide bonds. The molecular weight excluding hydrogens is 290 g/mol. The summed E-state index contributed by atoms with van der Waals surface area (Å²) in [5.74, 6) is 0.882. The Hall–Kier alpha value is -1.29. The van der Waals surface area contributed by atoms with Crippen LogP contribution in [-0.2, 0) is 9.48 Å². The summed E-state index contributed by atoms with van der Waals surface area (Å²) in [5, 5.41) is 0. The summed E-state index contributed by atoms with van der Waals surface area (Å²) in [6, 6.07) is 21.4. The molecule has 1 atom stereocenters. The first-order chi connectivity index (χ1) is 10.6. The number of benzene rings is 2. The Balaban J connectivity index is 2.22. The van der Waals surface area contributed by atoms with E-state index in [0.717, 1.165) is 5.75 Å². The summed E-state index contributed by atoms with van der Waals surface area (Å²) >= 11 is 1.90. The van der Waals surface area contributed by atoms with E-state index in [1.54, 1.807) is 0 Å². The lowest BCUT2D eigenvalue weighted by Crippen LogP contribution is -2.47. The third-order valence-corrected chi connectivity index (χ3v) is 6.37. The van der Waals surface area contributed by atoms with Crippen LogP contribution in [0.2, 0.25) is 0 Å². The highest BCUT2D eigenvalue weighted by molar-refractivity contribution is 8.00. The van der Waals surface area contributed by atoms with Crippen molar-refractivity contribution in [1.82, 2.24) is 0 Å². The Labute approximate surface area is 137 Å². The molecule has 0 bridgehead atoms. The lowest BCUT2D eigenvalue weighted by Gasteiger charge is -2.45. The van der Waals surface area contributed by atoms with Gasteiger partial charge in [-0.3, -0.25) is 0 Å². The molecular formula is C19H23NOS. The van der Waals surface area contributed by atoms with Gasteiger partial charge in [0.1, 0.15) is 0 Å². The zero-order valence-corrected chi connectivity index (χ0v) is 14.0. The molecule has 1 aliphatic heterocycles. The van der Waals surface area contributed by atoms with Crippen LogP contribution in [0.4, 0.5) is 0 Å². The lowest BCUT2D eigenvalue weighted by atomic mass is 9.78. The molecule has 0 aromatic heterocycles. The van der Waals surface area contributed by atoms with Crippen molar-refractivity contribution in [3.05, 3.63) is 71.8 Å². The van der Waals surface area contributed by atoms with E-state index >= 15 is 0 Å². The molecule has 1 fully saturated rings. The zero-order chi connectivity index (χ0) is 15.6. The maximum absolute atomic E-state index is 6.28. The molecule has 0 radical (unpaired) electrons. The number of hydrogen-bond acceptors (Lipinski definition) is 3. The Morgan fingerprint density at radius 2 is 1.45 bits per heavy atom. The number of hydrogen-bond donors (Lipinski definition) is 1. The van der Waals surface area contributed by atoms with Crippen LogP contribution in [0, 0.1) is 0 Å². The van der Waals surface area contributed by atoms with E-state index in [1.807, 2.05) is 11.8 Å². The van der Waals surface area contributed by atoms with Crippen LogP contribution in [0.3, 0.4) is 0 Å². The van der Waals surface area contributed by atoms with Crippen molar-refractivity contribution in [2.24, 2.45) is 5.73 Å². The second-order valence-corrected chi connectivity index (χ2v) is 7.54. The predicted octanol–water partition coefficient (Wildman–Crippen LogP) is 3.80. The molecule has 0 spiro atoms. The molecule has 0 aliphatic carbocycles. The van der Waals surface area contributed by atoms with Crippen LogP contribution >= 0.6 is 11.8 Å². The summed E-state index contributed by atoms with van der Waals surface area (Å²) in [7, 11) is 0. The van der Waals surface area contributed by atoms with Gasteiger partial charge in [-0.1, -0.05) is 60.7 Å². The molecule has 0 saturated carbocycles. The smallest absolute Gasteiger partial charge is 0.0941 e. The molecule has 1 heterocycles. The van der Waals surface area contributed by atoms with Gasteiger partial charge in [0.2, 0.25) is 0 Å². The average Bonchev–Trinajstić information content (AvgIpc) is 2.67. The fourth-order valence-electron chi connectivity index (χ4n) is 3.25. The molecule has 1 saturated heterocycles. The van der Waals surface area contributed by atoms with E-state index in [0.29, 0.717) is 6.61 Å². The van der Waals surface area contributed by atoms with Crippen LogP contribution in [0.1, 0.15) is 25.0 Å². The summed E-state index contributed by atoms with van der Waals surface area (Å²) in [4.78, 5) is 0. The molecule has 2 N–H and O–H groups in total.